The molecule has 1 aromatic carbocycles. The van der Waals surface area contributed by atoms with Gasteiger partial charge in [0.1, 0.15) is 0 Å². The van der Waals surface area contributed by atoms with E-state index in [1.165, 1.54) is 36.8 Å². The Morgan fingerprint density at radius 3 is 1.41 bits per heavy atom. The van der Waals surface area contributed by atoms with Crippen molar-refractivity contribution in [3.05, 3.63) is 35.4 Å². The van der Waals surface area contributed by atoms with Gasteiger partial charge in [0.05, 0.1) is 0 Å². The van der Waals surface area contributed by atoms with Crippen molar-refractivity contribution in [3.8, 4) is 0 Å². The van der Waals surface area contributed by atoms with Crippen molar-refractivity contribution in [2.75, 3.05) is 0 Å². The fourth-order valence-electron chi connectivity index (χ4n) is 1.04. The van der Waals surface area contributed by atoms with Crippen molar-refractivity contribution in [2.45, 2.75) is 74.7 Å². The molecular formula is C17H34. The Balaban J connectivity index is -0.000000240. The maximum atomic E-state index is 2.21. The second-order valence-electron chi connectivity index (χ2n) is 4.15. The van der Waals surface area contributed by atoms with Crippen molar-refractivity contribution in [2.24, 2.45) is 0 Å². The highest BCUT2D eigenvalue weighted by Crippen LogP contribution is 2.04. The monoisotopic (exact) mass is 238 g/mol. The van der Waals surface area contributed by atoms with E-state index in [2.05, 4.69) is 65.8 Å². The molecule has 0 aliphatic rings. The molecule has 0 saturated heterocycles. The van der Waals surface area contributed by atoms with Crippen LogP contribution in [0.5, 0.6) is 0 Å². The molecule has 0 saturated carbocycles. The van der Waals surface area contributed by atoms with Crippen LogP contribution in [0.3, 0.4) is 0 Å². The molecule has 0 radical (unpaired) electrons. The molecule has 0 heteroatoms. The van der Waals surface area contributed by atoms with Gasteiger partial charge in [0.15, 0.2) is 0 Å². The molecule has 0 unspecified atom stereocenters. The number of hydrogen-bond acceptors (Lipinski definition) is 0. The first-order valence-corrected chi connectivity index (χ1v) is 6.71. The fourth-order valence-corrected chi connectivity index (χ4v) is 1.04. The van der Waals surface area contributed by atoms with Gasteiger partial charge < -0.3 is 0 Å². The Morgan fingerprint density at radius 2 is 1.12 bits per heavy atom. The van der Waals surface area contributed by atoms with Crippen LogP contribution in [0.4, 0.5) is 0 Å². The van der Waals surface area contributed by atoms with Gasteiger partial charge in [-0.3, -0.25) is 0 Å². The quantitative estimate of drug-likeness (QED) is 0.558. The van der Waals surface area contributed by atoms with E-state index in [0.29, 0.717) is 0 Å². The zero-order valence-electron chi connectivity index (χ0n) is 12.1. The predicted octanol–water partition coefficient (Wildman–Crippen LogP) is 6.42. The van der Waals surface area contributed by atoms with E-state index < -0.39 is 0 Å². The molecule has 0 aromatic heterocycles. The minimum atomic E-state index is 0. The summed E-state index contributed by atoms with van der Waals surface area (Å²) in [7, 11) is 0. The third kappa shape index (κ3) is 17.8. The van der Waals surface area contributed by atoms with Gasteiger partial charge in [-0.05, 0) is 18.9 Å². The Kier molecular flexibility index (Phi) is 22.3. The van der Waals surface area contributed by atoms with Crippen LogP contribution in [0.15, 0.2) is 24.3 Å². The number of aryl methyl sites for hydroxylation is 2. The number of benzene rings is 1. The summed E-state index contributed by atoms with van der Waals surface area (Å²) in [5, 5.41) is 0. The van der Waals surface area contributed by atoms with E-state index in [4.69, 9.17) is 0 Å². The van der Waals surface area contributed by atoms with Crippen molar-refractivity contribution >= 4 is 0 Å². The van der Waals surface area contributed by atoms with E-state index in [-0.39, 0.29) is 7.43 Å². The third-order valence-electron chi connectivity index (χ3n) is 1.66. The summed E-state index contributed by atoms with van der Waals surface area (Å²) >= 11 is 0. The average Bonchev–Trinajstić information content (AvgIpc) is 2.24. The van der Waals surface area contributed by atoms with E-state index in [0.717, 1.165) is 0 Å². The van der Waals surface area contributed by atoms with Gasteiger partial charge >= 0.3 is 0 Å². The van der Waals surface area contributed by atoms with Crippen LogP contribution in [-0.2, 0) is 6.42 Å². The van der Waals surface area contributed by atoms with E-state index in [1.807, 2.05) is 0 Å². The normalized spacial score (nSPS) is 7.88. The molecule has 1 rings (SSSR count). The van der Waals surface area contributed by atoms with E-state index in [1.54, 1.807) is 0 Å². The molecule has 0 amide bonds. The standard InChI is InChI=1S/C10H14.2C3H8.CH4/c1-3-4-10-7-5-9(2)6-8-10;2*1-3-2;/h5-8H,3-4H2,1-2H3;2*3H2,1-2H3;1H4. The minimum absolute atomic E-state index is 0. The summed E-state index contributed by atoms with van der Waals surface area (Å²) in [4.78, 5) is 0. The molecule has 0 fully saturated rings. The molecule has 102 valence electrons. The van der Waals surface area contributed by atoms with Crippen LogP contribution in [0, 0.1) is 6.92 Å². The molecule has 0 N–H and O–H groups in total. The first-order chi connectivity index (χ1) is 7.65. The van der Waals surface area contributed by atoms with E-state index >= 15 is 0 Å². The molecule has 0 bridgehead atoms. The van der Waals surface area contributed by atoms with Crippen LogP contribution in [0.25, 0.3) is 0 Å². The van der Waals surface area contributed by atoms with Gasteiger partial charge in [-0.15, -0.1) is 0 Å². The van der Waals surface area contributed by atoms with Crippen molar-refractivity contribution in [3.63, 3.8) is 0 Å². The summed E-state index contributed by atoms with van der Waals surface area (Å²) in [6.07, 6.45) is 4.95. The van der Waals surface area contributed by atoms with Crippen LogP contribution in [0.1, 0.15) is 72.4 Å². The second kappa shape index (κ2) is 17.6. The lowest BCUT2D eigenvalue weighted by Crippen LogP contribution is -1.81. The summed E-state index contributed by atoms with van der Waals surface area (Å²) in [6, 6.07) is 8.76. The Bertz CT molecular complexity index is 206. The van der Waals surface area contributed by atoms with Crippen molar-refractivity contribution < 1.29 is 0 Å². The van der Waals surface area contributed by atoms with Gasteiger partial charge in [0, 0.05) is 0 Å². The van der Waals surface area contributed by atoms with Crippen LogP contribution in [-0.4, -0.2) is 0 Å². The highest BCUT2D eigenvalue weighted by atomic mass is 13.9. The highest BCUT2D eigenvalue weighted by molar-refractivity contribution is 5.21. The smallest absolute Gasteiger partial charge is 0.0281 e. The van der Waals surface area contributed by atoms with E-state index in [9.17, 15) is 0 Å². The minimum Gasteiger partial charge on any atom is -0.0776 e. The first kappa shape index (κ1) is 21.5. The molecule has 0 heterocycles. The molecule has 0 nitrogen and oxygen atoms in total. The van der Waals surface area contributed by atoms with Crippen LogP contribution in [0.2, 0.25) is 0 Å². The van der Waals surface area contributed by atoms with Gasteiger partial charge in [-0.25, -0.2) is 0 Å². The molecule has 1 aromatic rings. The number of rotatable bonds is 2. The Morgan fingerprint density at radius 1 is 0.765 bits per heavy atom. The molecule has 0 spiro atoms. The molecular weight excluding hydrogens is 204 g/mol. The third-order valence-corrected chi connectivity index (χ3v) is 1.66. The SMILES string of the molecule is C.CCC.CCC.CCCc1ccc(C)cc1. The zero-order chi connectivity index (χ0) is 12.8. The van der Waals surface area contributed by atoms with Crippen LogP contribution >= 0.6 is 0 Å². The molecule has 0 atom stereocenters. The maximum Gasteiger partial charge on any atom is -0.0281 e. The molecule has 0 aliphatic heterocycles. The zero-order valence-corrected chi connectivity index (χ0v) is 12.1. The lowest BCUT2D eigenvalue weighted by Gasteiger charge is -1.97. The van der Waals surface area contributed by atoms with Crippen molar-refractivity contribution in [1.29, 1.82) is 0 Å². The van der Waals surface area contributed by atoms with Gasteiger partial charge in [-0.2, -0.15) is 0 Å². The average molecular weight is 238 g/mol. The van der Waals surface area contributed by atoms with Crippen molar-refractivity contribution in [1.82, 2.24) is 0 Å². The summed E-state index contributed by atoms with van der Waals surface area (Å²) in [5.41, 5.74) is 2.80. The lowest BCUT2D eigenvalue weighted by atomic mass is 10.1. The Hall–Kier alpha value is -0.780. The van der Waals surface area contributed by atoms with Gasteiger partial charge in [0.2, 0.25) is 0 Å². The predicted molar refractivity (Wildman–Crippen MR) is 83.8 cm³/mol. The molecule has 0 aliphatic carbocycles. The summed E-state index contributed by atoms with van der Waals surface area (Å²) in [6.45, 7) is 12.8. The topological polar surface area (TPSA) is 0 Å². The highest BCUT2D eigenvalue weighted by Gasteiger charge is 1.88. The summed E-state index contributed by atoms with van der Waals surface area (Å²) in [5.74, 6) is 0. The molecule has 17 heavy (non-hydrogen) atoms. The lowest BCUT2D eigenvalue weighted by molar-refractivity contribution is 0.921. The summed E-state index contributed by atoms with van der Waals surface area (Å²) < 4.78 is 0. The first-order valence-electron chi connectivity index (χ1n) is 6.71. The number of hydrogen-bond donors (Lipinski definition) is 0. The van der Waals surface area contributed by atoms with Crippen LogP contribution < -0.4 is 0 Å². The van der Waals surface area contributed by atoms with Gasteiger partial charge in [0.25, 0.3) is 0 Å². The van der Waals surface area contributed by atoms with Gasteiger partial charge in [-0.1, -0.05) is 91.1 Å². The fraction of sp³-hybridized carbons (Fsp3) is 0.647. The largest absolute Gasteiger partial charge is 0.0776 e. The second-order valence-corrected chi connectivity index (χ2v) is 4.15. The Labute approximate surface area is 110 Å². The maximum absolute atomic E-state index is 2.21.